The van der Waals surface area contributed by atoms with E-state index in [0.29, 0.717) is 18.0 Å². The van der Waals surface area contributed by atoms with Crippen molar-refractivity contribution in [2.45, 2.75) is 51.7 Å². The third-order valence-electron chi connectivity index (χ3n) is 4.12. The van der Waals surface area contributed by atoms with Gasteiger partial charge in [-0.2, -0.15) is 0 Å². The molecule has 3 nitrogen and oxygen atoms in total. The van der Waals surface area contributed by atoms with E-state index in [1.54, 1.807) is 18.2 Å². The molecule has 0 radical (unpaired) electrons. The molecular formula is C17H26FNO2. The summed E-state index contributed by atoms with van der Waals surface area (Å²) in [5.41, 5.74) is 0.380. The lowest BCUT2D eigenvalue weighted by atomic mass is 9.75. The fourth-order valence-corrected chi connectivity index (χ4v) is 2.98. The molecule has 0 saturated heterocycles. The number of nitrogens with one attached hydrogen (secondary N) is 1. The van der Waals surface area contributed by atoms with Crippen molar-refractivity contribution in [3.63, 3.8) is 0 Å². The van der Waals surface area contributed by atoms with Gasteiger partial charge in [0, 0.05) is 12.6 Å². The van der Waals surface area contributed by atoms with Gasteiger partial charge >= 0.3 is 0 Å². The first-order valence-electron chi connectivity index (χ1n) is 7.75. The molecule has 1 fully saturated rings. The van der Waals surface area contributed by atoms with Crippen LogP contribution in [0.5, 0.6) is 5.75 Å². The molecule has 0 heterocycles. The second kappa shape index (κ2) is 7.23. The summed E-state index contributed by atoms with van der Waals surface area (Å²) in [5.74, 6) is -0.206. The van der Waals surface area contributed by atoms with Crippen LogP contribution in [-0.4, -0.2) is 30.4 Å². The normalized spacial score (nSPS) is 22.8. The van der Waals surface area contributed by atoms with E-state index in [4.69, 9.17) is 4.74 Å². The van der Waals surface area contributed by atoms with Gasteiger partial charge in [-0.05, 0) is 36.8 Å². The van der Waals surface area contributed by atoms with E-state index in [9.17, 15) is 9.50 Å². The first-order chi connectivity index (χ1) is 9.96. The van der Waals surface area contributed by atoms with Crippen LogP contribution in [0.1, 0.15) is 39.5 Å². The molecular weight excluding hydrogens is 269 g/mol. The molecule has 2 unspecified atom stereocenters. The lowest BCUT2D eigenvalue weighted by Gasteiger charge is -2.36. The molecule has 2 N–H and O–H groups in total. The molecule has 0 aliphatic heterocycles. The number of rotatable bonds is 6. The second-order valence-electron chi connectivity index (χ2n) is 6.76. The van der Waals surface area contributed by atoms with Crippen molar-refractivity contribution in [1.82, 2.24) is 5.32 Å². The first-order valence-corrected chi connectivity index (χ1v) is 7.75. The second-order valence-corrected chi connectivity index (χ2v) is 6.76. The Morgan fingerprint density at radius 3 is 2.90 bits per heavy atom. The predicted molar refractivity (Wildman–Crippen MR) is 81.9 cm³/mol. The van der Waals surface area contributed by atoms with Crippen molar-refractivity contribution in [3.8, 4) is 5.75 Å². The standard InChI is InChI=1S/C17H26FNO2/c1-17(2)9-5-6-13(10-17)19-11-14(20)12-21-16-8-4-3-7-15(16)18/h3-4,7-8,13-14,19-20H,5-6,9-12H2,1-2H3. The summed E-state index contributed by atoms with van der Waals surface area (Å²) in [6.07, 6.45) is 4.16. The Morgan fingerprint density at radius 1 is 1.43 bits per heavy atom. The lowest BCUT2D eigenvalue weighted by Crippen LogP contribution is -2.42. The quantitative estimate of drug-likeness (QED) is 0.847. The fourth-order valence-electron chi connectivity index (χ4n) is 2.98. The van der Waals surface area contributed by atoms with Gasteiger partial charge in [0.2, 0.25) is 0 Å². The van der Waals surface area contributed by atoms with E-state index in [-0.39, 0.29) is 12.4 Å². The molecule has 2 rings (SSSR count). The number of benzene rings is 1. The maximum Gasteiger partial charge on any atom is 0.165 e. The number of hydrogen-bond donors (Lipinski definition) is 2. The smallest absolute Gasteiger partial charge is 0.165 e. The van der Waals surface area contributed by atoms with Crippen molar-refractivity contribution < 1.29 is 14.2 Å². The van der Waals surface area contributed by atoms with Gasteiger partial charge in [0.05, 0.1) is 0 Å². The summed E-state index contributed by atoms with van der Waals surface area (Å²) in [6, 6.07) is 6.71. The molecule has 0 spiro atoms. The van der Waals surface area contributed by atoms with Gasteiger partial charge in [-0.15, -0.1) is 0 Å². The van der Waals surface area contributed by atoms with E-state index in [1.807, 2.05) is 0 Å². The highest BCUT2D eigenvalue weighted by Gasteiger charge is 2.27. The van der Waals surface area contributed by atoms with Crippen molar-refractivity contribution in [1.29, 1.82) is 0 Å². The average Bonchev–Trinajstić information content (AvgIpc) is 2.43. The minimum absolute atomic E-state index is 0.101. The van der Waals surface area contributed by atoms with E-state index in [1.165, 1.54) is 18.9 Å². The molecule has 1 saturated carbocycles. The Bertz CT molecular complexity index is 450. The molecule has 1 aliphatic carbocycles. The average molecular weight is 295 g/mol. The maximum absolute atomic E-state index is 13.4. The molecule has 21 heavy (non-hydrogen) atoms. The summed E-state index contributed by atoms with van der Waals surface area (Å²) < 4.78 is 18.7. The number of hydrogen-bond acceptors (Lipinski definition) is 3. The van der Waals surface area contributed by atoms with Crippen LogP contribution in [0, 0.1) is 11.2 Å². The number of halogens is 1. The van der Waals surface area contributed by atoms with Crippen molar-refractivity contribution in [2.24, 2.45) is 5.41 Å². The van der Waals surface area contributed by atoms with Crippen molar-refractivity contribution in [2.75, 3.05) is 13.2 Å². The van der Waals surface area contributed by atoms with Crippen LogP contribution in [0.25, 0.3) is 0 Å². The molecule has 0 aromatic heterocycles. The van der Waals surface area contributed by atoms with Crippen LogP contribution < -0.4 is 10.1 Å². The zero-order valence-corrected chi connectivity index (χ0v) is 12.9. The third-order valence-corrected chi connectivity index (χ3v) is 4.12. The van der Waals surface area contributed by atoms with Gasteiger partial charge in [0.25, 0.3) is 0 Å². The Labute approximate surface area is 126 Å². The van der Waals surface area contributed by atoms with Gasteiger partial charge in [-0.1, -0.05) is 32.4 Å². The summed E-state index contributed by atoms with van der Waals surface area (Å²) in [5, 5.41) is 13.4. The highest BCUT2D eigenvalue weighted by molar-refractivity contribution is 5.23. The monoisotopic (exact) mass is 295 g/mol. The number of para-hydroxylation sites is 1. The molecule has 1 aliphatic rings. The number of aliphatic hydroxyl groups excluding tert-OH is 1. The van der Waals surface area contributed by atoms with Crippen LogP contribution >= 0.6 is 0 Å². The number of ether oxygens (including phenoxy) is 1. The zero-order chi connectivity index (χ0) is 15.3. The largest absolute Gasteiger partial charge is 0.488 e. The van der Waals surface area contributed by atoms with E-state index < -0.39 is 11.9 Å². The van der Waals surface area contributed by atoms with Crippen LogP contribution in [0.2, 0.25) is 0 Å². The minimum Gasteiger partial charge on any atom is -0.488 e. The zero-order valence-electron chi connectivity index (χ0n) is 12.9. The molecule has 2 atom stereocenters. The summed E-state index contributed by atoms with van der Waals surface area (Å²) >= 11 is 0. The summed E-state index contributed by atoms with van der Waals surface area (Å²) in [6.45, 7) is 5.16. The molecule has 4 heteroatoms. The Hall–Kier alpha value is -1.13. The van der Waals surface area contributed by atoms with Crippen LogP contribution in [0.15, 0.2) is 24.3 Å². The maximum atomic E-state index is 13.4. The topological polar surface area (TPSA) is 41.5 Å². The molecule has 1 aromatic carbocycles. The van der Waals surface area contributed by atoms with Gasteiger partial charge in [-0.25, -0.2) is 4.39 Å². The van der Waals surface area contributed by atoms with Gasteiger partial charge in [0.15, 0.2) is 11.6 Å². The van der Waals surface area contributed by atoms with Crippen LogP contribution in [-0.2, 0) is 0 Å². The van der Waals surface area contributed by atoms with E-state index in [0.717, 1.165) is 12.8 Å². The van der Waals surface area contributed by atoms with Gasteiger partial charge < -0.3 is 15.2 Å². The van der Waals surface area contributed by atoms with Crippen molar-refractivity contribution in [3.05, 3.63) is 30.1 Å². The SMILES string of the molecule is CC1(C)CCCC(NCC(O)COc2ccccc2F)C1. The van der Waals surface area contributed by atoms with Crippen LogP contribution in [0.4, 0.5) is 4.39 Å². The molecule has 118 valence electrons. The number of aliphatic hydroxyl groups is 1. The minimum atomic E-state index is -0.630. The summed E-state index contributed by atoms with van der Waals surface area (Å²) in [7, 11) is 0. The first kappa shape index (κ1) is 16.2. The van der Waals surface area contributed by atoms with E-state index in [2.05, 4.69) is 19.2 Å². The fraction of sp³-hybridized carbons (Fsp3) is 0.647. The molecule has 0 amide bonds. The molecule has 0 bridgehead atoms. The van der Waals surface area contributed by atoms with E-state index >= 15 is 0 Å². The highest BCUT2D eigenvalue weighted by Crippen LogP contribution is 2.34. The Morgan fingerprint density at radius 2 is 2.19 bits per heavy atom. The Kier molecular flexibility index (Phi) is 5.59. The Balaban J connectivity index is 1.70. The third kappa shape index (κ3) is 5.29. The van der Waals surface area contributed by atoms with Crippen molar-refractivity contribution >= 4 is 0 Å². The highest BCUT2D eigenvalue weighted by atomic mass is 19.1. The lowest BCUT2D eigenvalue weighted by molar-refractivity contribution is 0.0946. The predicted octanol–water partition coefficient (Wildman–Crippen LogP) is 3.12. The summed E-state index contributed by atoms with van der Waals surface area (Å²) in [4.78, 5) is 0. The van der Waals surface area contributed by atoms with Gasteiger partial charge in [0.1, 0.15) is 12.7 Å². The van der Waals surface area contributed by atoms with Crippen LogP contribution in [0.3, 0.4) is 0 Å². The van der Waals surface area contributed by atoms with Gasteiger partial charge in [-0.3, -0.25) is 0 Å². The molecule has 1 aromatic rings.